The van der Waals surface area contributed by atoms with E-state index in [1.54, 1.807) is 0 Å². The quantitative estimate of drug-likeness (QED) is 0.315. The van der Waals surface area contributed by atoms with Gasteiger partial charge in [-0.2, -0.15) is 0 Å². The van der Waals surface area contributed by atoms with E-state index in [1.165, 1.54) is 50.0 Å². The number of hydrogen-bond acceptors (Lipinski definition) is 1. The molecule has 28 heavy (non-hydrogen) atoms. The summed E-state index contributed by atoms with van der Waals surface area (Å²) in [6.45, 7) is 3.14. The van der Waals surface area contributed by atoms with Crippen molar-refractivity contribution < 1.29 is 0 Å². The summed E-state index contributed by atoms with van der Waals surface area (Å²) in [6, 6.07) is 33.1. The van der Waals surface area contributed by atoms with Crippen LogP contribution in [0, 0.1) is 0 Å². The Bertz CT molecular complexity index is 1360. The molecular weight excluding hydrogens is 340 g/mol. The van der Waals surface area contributed by atoms with Crippen LogP contribution in [0.5, 0.6) is 0 Å². The average Bonchev–Trinajstić information content (AvgIpc) is 3.05. The minimum absolute atomic E-state index is 0.918. The second-order valence-corrected chi connectivity index (χ2v) is 7.37. The molecule has 0 spiro atoms. The summed E-state index contributed by atoms with van der Waals surface area (Å²) in [6.07, 6.45) is 0. The molecule has 0 unspecified atom stereocenters. The van der Waals surface area contributed by atoms with Crippen LogP contribution in [-0.4, -0.2) is 11.1 Å². The Morgan fingerprint density at radius 3 is 1.96 bits per heavy atom. The summed E-state index contributed by atoms with van der Waals surface area (Å²) < 4.78 is 2.43. The fourth-order valence-electron chi connectivity index (χ4n) is 4.62. The van der Waals surface area contributed by atoms with Gasteiger partial charge in [0.1, 0.15) is 5.82 Å². The van der Waals surface area contributed by atoms with Gasteiger partial charge in [0.15, 0.2) is 0 Å². The Hall–Kier alpha value is -3.52. The maximum atomic E-state index is 2.43. The van der Waals surface area contributed by atoms with Gasteiger partial charge in [-0.25, -0.2) is 0 Å². The monoisotopic (exact) mass is 360 g/mol. The zero-order valence-electron chi connectivity index (χ0n) is 15.8. The molecule has 0 bridgehead atoms. The topological polar surface area (TPSA) is 8.17 Å². The highest BCUT2D eigenvalue weighted by Gasteiger charge is 2.25. The van der Waals surface area contributed by atoms with Crippen molar-refractivity contribution in [2.75, 3.05) is 11.4 Å². The fraction of sp³-hybridized carbons (Fsp3) is 0.0769. The van der Waals surface area contributed by atoms with Crippen LogP contribution in [0.15, 0.2) is 91.0 Å². The number of fused-ring (bicyclic) bond motifs is 8. The van der Waals surface area contributed by atoms with Gasteiger partial charge in [-0.15, -0.1) is 0 Å². The van der Waals surface area contributed by atoms with Gasteiger partial charge in [-0.05, 0) is 48.0 Å². The van der Waals surface area contributed by atoms with Crippen molar-refractivity contribution in [1.29, 1.82) is 0 Å². The molecular formula is C26H20N2. The summed E-state index contributed by atoms with van der Waals surface area (Å²) in [5.74, 6) is 1.23. The second kappa shape index (κ2) is 5.74. The summed E-state index contributed by atoms with van der Waals surface area (Å²) in [4.78, 5) is 2.43. The Morgan fingerprint density at radius 2 is 1.21 bits per heavy atom. The van der Waals surface area contributed by atoms with E-state index in [9.17, 15) is 0 Å². The average molecular weight is 360 g/mol. The number of anilines is 2. The van der Waals surface area contributed by atoms with Crippen LogP contribution in [-0.2, 0) is 0 Å². The minimum Gasteiger partial charge on any atom is -0.327 e. The van der Waals surface area contributed by atoms with Crippen LogP contribution in [0.1, 0.15) is 6.92 Å². The minimum atomic E-state index is 0.918. The van der Waals surface area contributed by atoms with Gasteiger partial charge in [-0.3, -0.25) is 4.57 Å². The van der Waals surface area contributed by atoms with E-state index < -0.39 is 0 Å². The van der Waals surface area contributed by atoms with Crippen LogP contribution in [0.3, 0.4) is 0 Å². The third kappa shape index (κ3) is 2.03. The molecule has 2 heteroatoms. The molecule has 1 aliphatic rings. The van der Waals surface area contributed by atoms with Crippen LogP contribution in [0.2, 0.25) is 0 Å². The van der Waals surface area contributed by atoms with Crippen LogP contribution in [0.4, 0.5) is 11.5 Å². The zero-order valence-corrected chi connectivity index (χ0v) is 15.8. The molecule has 2 heterocycles. The molecule has 134 valence electrons. The van der Waals surface area contributed by atoms with E-state index >= 15 is 0 Å². The lowest BCUT2D eigenvalue weighted by Crippen LogP contribution is -2.18. The van der Waals surface area contributed by atoms with E-state index in [0.717, 1.165) is 6.54 Å². The van der Waals surface area contributed by atoms with Crippen LogP contribution < -0.4 is 4.90 Å². The number of hydrogen-bond donors (Lipinski definition) is 0. The highest BCUT2D eigenvalue weighted by atomic mass is 15.3. The fourth-order valence-corrected chi connectivity index (χ4v) is 4.62. The van der Waals surface area contributed by atoms with Crippen molar-refractivity contribution in [3.8, 4) is 16.8 Å². The van der Waals surface area contributed by atoms with Crippen LogP contribution in [0.25, 0.3) is 38.5 Å². The Labute approximate surface area is 164 Å². The highest BCUT2D eigenvalue weighted by molar-refractivity contribution is 6.02. The van der Waals surface area contributed by atoms with Crippen molar-refractivity contribution in [2.24, 2.45) is 0 Å². The molecule has 2 nitrogen and oxygen atoms in total. The Balaban J connectivity index is 1.80. The lowest BCUT2D eigenvalue weighted by atomic mass is 10.0. The van der Waals surface area contributed by atoms with Crippen molar-refractivity contribution in [3.63, 3.8) is 0 Å². The van der Waals surface area contributed by atoms with Gasteiger partial charge in [0, 0.05) is 23.1 Å². The number of aromatic nitrogens is 1. The first-order valence-electron chi connectivity index (χ1n) is 9.86. The first-order chi connectivity index (χ1) is 13.8. The first-order valence-corrected chi connectivity index (χ1v) is 9.86. The third-order valence-electron chi connectivity index (χ3n) is 5.87. The standard InChI is InChI=1S/C26H20N2/c1-2-27-23-13-7-5-11-21(23)22-12-6-8-14-24(22)28-25-16-19-10-4-3-9-18(19)15-20(25)17-26(27)28/h3-17H,2H2,1H3. The zero-order chi connectivity index (χ0) is 18.7. The summed E-state index contributed by atoms with van der Waals surface area (Å²) in [5, 5.41) is 3.84. The molecule has 1 aliphatic heterocycles. The number of rotatable bonds is 1. The molecule has 1 aromatic heterocycles. The molecule has 0 N–H and O–H groups in total. The van der Waals surface area contributed by atoms with E-state index in [2.05, 4.69) is 107 Å². The van der Waals surface area contributed by atoms with E-state index in [1.807, 2.05) is 0 Å². The normalized spacial score (nSPS) is 12.5. The molecule has 0 radical (unpaired) electrons. The SMILES string of the molecule is CCN1c2ccccc2-c2ccccc2-n2c1cc1cc3ccccc3cc12. The molecule has 0 fully saturated rings. The maximum Gasteiger partial charge on any atom is 0.118 e. The lowest BCUT2D eigenvalue weighted by molar-refractivity contribution is 0.968. The van der Waals surface area contributed by atoms with Gasteiger partial charge < -0.3 is 4.90 Å². The Morgan fingerprint density at radius 1 is 0.607 bits per heavy atom. The predicted molar refractivity (Wildman–Crippen MR) is 119 cm³/mol. The van der Waals surface area contributed by atoms with Gasteiger partial charge in [-0.1, -0.05) is 60.7 Å². The largest absolute Gasteiger partial charge is 0.327 e. The summed E-state index contributed by atoms with van der Waals surface area (Å²) >= 11 is 0. The van der Waals surface area contributed by atoms with Crippen molar-refractivity contribution >= 4 is 33.2 Å². The molecule has 0 saturated carbocycles. The van der Waals surface area contributed by atoms with Crippen molar-refractivity contribution in [3.05, 3.63) is 91.0 Å². The summed E-state index contributed by atoms with van der Waals surface area (Å²) in [5.41, 5.74) is 6.33. The molecule has 6 rings (SSSR count). The third-order valence-corrected chi connectivity index (χ3v) is 5.87. The Kier molecular flexibility index (Phi) is 3.18. The molecule has 5 aromatic rings. The smallest absolute Gasteiger partial charge is 0.118 e. The molecule has 0 aliphatic carbocycles. The van der Waals surface area contributed by atoms with Gasteiger partial charge >= 0.3 is 0 Å². The summed E-state index contributed by atoms with van der Waals surface area (Å²) in [7, 11) is 0. The van der Waals surface area contributed by atoms with E-state index in [-0.39, 0.29) is 0 Å². The van der Waals surface area contributed by atoms with Gasteiger partial charge in [0.05, 0.1) is 16.9 Å². The van der Waals surface area contributed by atoms with E-state index in [0.29, 0.717) is 0 Å². The number of benzene rings is 4. The van der Waals surface area contributed by atoms with Gasteiger partial charge in [0.25, 0.3) is 0 Å². The number of para-hydroxylation sites is 2. The predicted octanol–water partition coefficient (Wildman–Crippen LogP) is 6.92. The lowest BCUT2D eigenvalue weighted by Gasteiger charge is -2.23. The van der Waals surface area contributed by atoms with Crippen molar-refractivity contribution in [1.82, 2.24) is 4.57 Å². The highest BCUT2D eigenvalue weighted by Crippen LogP contribution is 2.45. The molecule has 0 atom stereocenters. The first kappa shape index (κ1) is 15.5. The molecule has 0 saturated heterocycles. The second-order valence-electron chi connectivity index (χ2n) is 7.37. The molecule has 0 amide bonds. The maximum absolute atomic E-state index is 2.43. The van der Waals surface area contributed by atoms with Crippen LogP contribution >= 0.6 is 0 Å². The molecule has 4 aromatic carbocycles. The van der Waals surface area contributed by atoms with Crippen molar-refractivity contribution in [2.45, 2.75) is 6.92 Å². The van der Waals surface area contributed by atoms with E-state index in [4.69, 9.17) is 0 Å². The van der Waals surface area contributed by atoms with Gasteiger partial charge in [0.2, 0.25) is 0 Å². The number of nitrogens with zero attached hydrogens (tertiary/aromatic N) is 2.